The Kier molecular flexibility index (Phi) is 4.26. The number of fused-ring (bicyclic) bond motifs is 1. The van der Waals surface area contributed by atoms with E-state index < -0.39 is 11.9 Å². The quantitative estimate of drug-likeness (QED) is 0.585. The van der Waals surface area contributed by atoms with Crippen LogP contribution >= 0.6 is 27.3 Å². The highest BCUT2D eigenvalue weighted by Crippen LogP contribution is 2.35. The largest absolute Gasteiger partial charge is 0.433 e. The van der Waals surface area contributed by atoms with Gasteiger partial charge < -0.3 is 4.90 Å². The predicted molar refractivity (Wildman–Crippen MR) is 94.1 cm³/mol. The number of carbonyl (C=O) groups excluding carboxylic acids is 1. The fraction of sp³-hybridized carbons (Fsp3) is 0.312. The molecule has 0 bridgehead atoms. The molecule has 0 spiro atoms. The summed E-state index contributed by atoms with van der Waals surface area (Å²) in [4.78, 5) is 19.1. The Morgan fingerprint density at radius 1 is 1.27 bits per heavy atom. The van der Waals surface area contributed by atoms with Gasteiger partial charge >= 0.3 is 6.18 Å². The zero-order valence-corrected chi connectivity index (χ0v) is 15.7. The highest BCUT2D eigenvalue weighted by Gasteiger charge is 2.37. The number of alkyl halides is 3. The summed E-state index contributed by atoms with van der Waals surface area (Å²) in [6.07, 6.45) is -2.87. The summed E-state index contributed by atoms with van der Waals surface area (Å²) in [5, 5.41) is 5.71. The lowest BCUT2D eigenvalue weighted by Gasteiger charge is -2.13. The fourth-order valence-electron chi connectivity index (χ4n) is 2.95. The van der Waals surface area contributed by atoms with Crippen molar-refractivity contribution < 1.29 is 18.0 Å². The van der Waals surface area contributed by atoms with Crippen LogP contribution in [0.5, 0.6) is 0 Å². The summed E-state index contributed by atoms with van der Waals surface area (Å²) in [5.74, 6) is -0.384. The third-order valence-corrected chi connectivity index (χ3v) is 5.82. The third-order valence-electron chi connectivity index (χ3n) is 4.19. The summed E-state index contributed by atoms with van der Waals surface area (Å²) >= 11 is 4.53. The van der Waals surface area contributed by atoms with Gasteiger partial charge in [0.15, 0.2) is 17.0 Å². The molecule has 3 aromatic rings. The first-order valence-corrected chi connectivity index (χ1v) is 9.53. The van der Waals surface area contributed by atoms with E-state index in [2.05, 4.69) is 26.0 Å². The highest BCUT2D eigenvalue weighted by molar-refractivity contribution is 9.10. The molecule has 0 saturated carbocycles. The van der Waals surface area contributed by atoms with Crippen LogP contribution < -0.4 is 0 Å². The van der Waals surface area contributed by atoms with E-state index in [1.807, 2.05) is 0 Å². The number of hydrogen-bond donors (Lipinski definition) is 0. The van der Waals surface area contributed by atoms with E-state index in [0.29, 0.717) is 22.5 Å². The molecule has 0 unspecified atom stereocenters. The zero-order chi connectivity index (χ0) is 18.5. The minimum Gasteiger partial charge on any atom is -0.337 e. The molecule has 10 heteroatoms. The summed E-state index contributed by atoms with van der Waals surface area (Å²) in [6, 6.07) is 4.40. The molecule has 1 fully saturated rings. The van der Waals surface area contributed by atoms with E-state index in [0.717, 1.165) is 18.9 Å². The van der Waals surface area contributed by atoms with Crippen LogP contribution in [0.2, 0.25) is 0 Å². The molecule has 0 N–H and O–H groups in total. The summed E-state index contributed by atoms with van der Waals surface area (Å²) in [7, 11) is 0. The van der Waals surface area contributed by atoms with Crippen molar-refractivity contribution in [2.24, 2.45) is 0 Å². The van der Waals surface area contributed by atoms with Gasteiger partial charge in [-0.25, -0.2) is 9.50 Å². The van der Waals surface area contributed by atoms with Crippen LogP contribution in [-0.4, -0.2) is 38.5 Å². The Morgan fingerprint density at radius 2 is 2.00 bits per heavy atom. The van der Waals surface area contributed by atoms with Gasteiger partial charge in [-0.2, -0.15) is 18.3 Å². The lowest BCUT2D eigenvalue weighted by molar-refractivity contribution is -0.142. The van der Waals surface area contributed by atoms with Crippen molar-refractivity contribution in [3.05, 3.63) is 39.4 Å². The van der Waals surface area contributed by atoms with Gasteiger partial charge in [-0.3, -0.25) is 4.79 Å². The van der Waals surface area contributed by atoms with Gasteiger partial charge in [0.2, 0.25) is 0 Å². The van der Waals surface area contributed by atoms with Gasteiger partial charge in [-0.1, -0.05) is 6.07 Å². The molecule has 1 amide bonds. The molecule has 4 rings (SSSR count). The van der Waals surface area contributed by atoms with Crippen molar-refractivity contribution >= 4 is 38.8 Å². The smallest absolute Gasteiger partial charge is 0.337 e. The number of likely N-dealkylation sites (tertiary alicyclic amines) is 1. The van der Waals surface area contributed by atoms with Crippen LogP contribution in [-0.2, 0) is 6.18 Å². The van der Waals surface area contributed by atoms with Gasteiger partial charge in [0.25, 0.3) is 5.91 Å². The Balaban J connectivity index is 1.92. The van der Waals surface area contributed by atoms with Crippen molar-refractivity contribution in [1.29, 1.82) is 0 Å². The van der Waals surface area contributed by atoms with E-state index in [-0.39, 0.29) is 27.4 Å². The number of hydrogen-bond acceptors (Lipinski definition) is 4. The van der Waals surface area contributed by atoms with E-state index in [9.17, 15) is 18.0 Å². The Labute approximate surface area is 158 Å². The number of carbonyl (C=O) groups is 1. The van der Waals surface area contributed by atoms with Crippen molar-refractivity contribution in [1.82, 2.24) is 19.5 Å². The fourth-order valence-corrected chi connectivity index (χ4v) is 4.14. The predicted octanol–water partition coefficient (Wildman–Crippen LogP) is 4.48. The normalized spacial score (nSPS) is 15.2. The van der Waals surface area contributed by atoms with Crippen LogP contribution in [0.15, 0.2) is 28.1 Å². The number of thiophene rings is 1. The summed E-state index contributed by atoms with van der Waals surface area (Å²) < 4.78 is 41.6. The van der Waals surface area contributed by atoms with Gasteiger partial charge in [-0.15, -0.1) is 11.3 Å². The van der Waals surface area contributed by atoms with E-state index >= 15 is 0 Å². The molecule has 1 saturated heterocycles. The second kappa shape index (κ2) is 6.34. The lowest BCUT2D eigenvalue weighted by atomic mass is 10.2. The number of nitrogens with zero attached hydrogens (tertiary/aromatic N) is 4. The number of rotatable bonds is 2. The molecule has 0 aliphatic carbocycles. The Morgan fingerprint density at radius 3 is 2.62 bits per heavy atom. The first kappa shape index (κ1) is 17.5. The number of aromatic nitrogens is 3. The van der Waals surface area contributed by atoms with E-state index in [4.69, 9.17) is 0 Å². The van der Waals surface area contributed by atoms with Crippen molar-refractivity contribution in [3.63, 3.8) is 0 Å². The van der Waals surface area contributed by atoms with Crippen LogP contribution in [0.25, 0.3) is 16.2 Å². The highest BCUT2D eigenvalue weighted by atomic mass is 79.9. The van der Waals surface area contributed by atoms with Gasteiger partial charge in [0.05, 0.1) is 15.0 Å². The van der Waals surface area contributed by atoms with E-state index in [1.165, 1.54) is 11.3 Å². The minimum atomic E-state index is -4.63. The molecular weight excluding hydrogens is 433 g/mol. The molecule has 0 aromatic carbocycles. The molecule has 1 aliphatic rings. The van der Waals surface area contributed by atoms with Crippen molar-refractivity contribution in [2.75, 3.05) is 13.1 Å². The number of amides is 1. The van der Waals surface area contributed by atoms with Gasteiger partial charge in [-0.05, 0) is 46.3 Å². The Hall–Kier alpha value is -1.94. The molecule has 4 heterocycles. The molecule has 26 heavy (non-hydrogen) atoms. The first-order valence-electron chi connectivity index (χ1n) is 7.86. The molecular formula is C16H12BrF3N4OS. The minimum absolute atomic E-state index is 0.0224. The second-order valence-corrected chi connectivity index (χ2v) is 7.64. The molecule has 5 nitrogen and oxygen atoms in total. The van der Waals surface area contributed by atoms with Crippen LogP contribution in [0.1, 0.15) is 29.0 Å². The van der Waals surface area contributed by atoms with E-state index in [1.54, 1.807) is 22.4 Å². The zero-order valence-electron chi connectivity index (χ0n) is 13.3. The first-order chi connectivity index (χ1) is 12.4. The van der Waals surface area contributed by atoms with Crippen molar-refractivity contribution in [2.45, 2.75) is 19.0 Å². The average Bonchev–Trinajstić information content (AvgIpc) is 3.34. The summed E-state index contributed by atoms with van der Waals surface area (Å²) in [6.45, 7) is 1.16. The van der Waals surface area contributed by atoms with Gasteiger partial charge in [0, 0.05) is 13.1 Å². The SMILES string of the molecule is O=C(c1nn2c(C(F)(F)F)cc(-c3cccs3)nc2c1Br)N1CCCC1. The average molecular weight is 445 g/mol. The number of halogens is 4. The van der Waals surface area contributed by atoms with Crippen LogP contribution in [0.3, 0.4) is 0 Å². The molecule has 0 atom stereocenters. The van der Waals surface area contributed by atoms with Crippen LogP contribution in [0, 0.1) is 0 Å². The summed E-state index contributed by atoms with van der Waals surface area (Å²) in [5.41, 5.74) is -0.841. The molecule has 1 aliphatic heterocycles. The monoisotopic (exact) mass is 444 g/mol. The van der Waals surface area contributed by atoms with Crippen molar-refractivity contribution in [3.8, 4) is 10.6 Å². The molecule has 136 valence electrons. The van der Waals surface area contributed by atoms with Gasteiger partial charge in [0.1, 0.15) is 0 Å². The lowest BCUT2D eigenvalue weighted by Crippen LogP contribution is -2.28. The second-order valence-electron chi connectivity index (χ2n) is 5.90. The third kappa shape index (κ3) is 2.90. The maximum Gasteiger partial charge on any atom is 0.433 e. The maximum atomic E-state index is 13.6. The Bertz CT molecular complexity index is 978. The topological polar surface area (TPSA) is 50.5 Å². The van der Waals surface area contributed by atoms with Crippen LogP contribution in [0.4, 0.5) is 13.2 Å². The maximum absolute atomic E-state index is 13.6. The molecule has 3 aromatic heterocycles. The standard InChI is InChI=1S/C16H12BrF3N4OS/c17-12-13(15(25)23-5-1-2-6-23)22-24-11(16(18,19)20)8-9(21-14(12)24)10-4-3-7-26-10/h3-4,7-8H,1-2,5-6H2. The molecule has 0 radical (unpaired) electrons.